The first-order valence-corrected chi connectivity index (χ1v) is 13.0. The average molecular weight is 538 g/mol. The van der Waals surface area contributed by atoms with E-state index in [-0.39, 0.29) is 38.0 Å². The van der Waals surface area contributed by atoms with Crippen LogP contribution in [0.3, 0.4) is 0 Å². The molecule has 1 saturated carbocycles. The summed E-state index contributed by atoms with van der Waals surface area (Å²) in [6, 6.07) is 1.83. The third-order valence-electron chi connectivity index (χ3n) is 5.95. The fraction of sp³-hybridized carbons (Fsp3) is 0.682. The van der Waals surface area contributed by atoms with E-state index in [0.717, 1.165) is 24.3 Å². The monoisotopic (exact) mass is 537 g/mol. The zero-order chi connectivity index (χ0) is 26.9. The first-order chi connectivity index (χ1) is 16.6. The molecule has 2 fully saturated rings. The Hall–Kier alpha value is -2.45. The number of sulfonamides is 1. The van der Waals surface area contributed by atoms with Gasteiger partial charge in [0.05, 0.1) is 28.6 Å². The second-order valence-electron chi connectivity index (χ2n) is 9.95. The van der Waals surface area contributed by atoms with Gasteiger partial charge < -0.3 is 14.4 Å². The van der Waals surface area contributed by atoms with Crippen LogP contribution in [0.2, 0.25) is 0 Å². The Morgan fingerprint density at radius 2 is 1.83 bits per heavy atom. The molecule has 0 aromatic heterocycles. The van der Waals surface area contributed by atoms with Crippen molar-refractivity contribution >= 4 is 21.8 Å². The molecule has 1 amide bonds. The number of alkyl halides is 3. The van der Waals surface area contributed by atoms with Crippen LogP contribution >= 0.6 is 0 Å². The average Bonchev–Trinajstić information content (AvgIpc) is 2.76. The van der Waals surface area contributed by atoms with Crippen molar-refractivity contribution in [1.82, 2.24) is 9.62 Å². The van der Waals surface area contributed by atoms with Gasteiger partial charge in [0.2, 0.25) is 10.0 Å². The number of carbonyl (C=O) groups excluding carboxylic acids is 1. The fourth-order valence-electron chi connectivity index (χ4n) is 4.18. The van der Waals surface area contributed by atoms with Gasteiger partial charge in [-0.25, -0.2) is 26.4 Å². The first-order valence-electron chi connectivity index (χ1n) is 11.5. The highest BCUT2D eigenvalue weighted by Gasteiger charge is 2.51. The SMILES string of the molecule is CC(C)(C)OC(=O)N1CC[C@@H](O[C@H]2CCCC(F)(F)[C@@H]2NS(=O)(=O)c2ccc([N+](=O)[O-])cc2)[C@H](F)C1. The summed E-state index contributed by atoms with van der Waals surface area (Å²) in [6.45, 7) is 4.77. The third-order valence-corrected chi connectivity index (χ3v) is 7.41. The summed E-state index contributed by atoms with van der Waals surface area (Å²) >= 11 is 0. The number of carbonyl (C=O) groups is 1. The van der Waals surface area contributed by atoms with Gasteiger partial charge in [0.25, 0.3) is 11.6 Å². The van der Waals surface area contributed by atoms with E-state index in [0.29, 0.717) is 0 Å². The minimum absolute atomic E-state index is 0.0182. The molecular weight excluding hydrogens is 507 g/mol. The Labute approximate surface area is 207 Å². The molecule has 36 heavy (non-hydrogen) atoms. The van der Waals surface area contributed by atoms with Crippen LogP contribution in [0.1, 0.15) is 46.5 Å². The third kappa shape index (κ3) is 6.85. The molecule has 1 heterocycles. The minimum atomic E-state index is -4.49. The van der Waals surface area contributed by atoms with E-state index in [9.17, 15) is 36.5 Å². The number of hydrogen-bond donors (Lipinski definition) is 1. The predicted octanol–water partition coefficient (Wildman–Crippen LogP) is 3.79. The van der Waals surface area contributed by atoms with E-state index in [1.165, 1.54) is 4.90 Å². The lowest BCUT2D eigenvalue weighted by molar-refractivity contribution is -0.384. The summed E-state index contributed by atoms with van der Waals surface area (Å²) in [6.07, 6.45) is -5.27. The van der Waals surface area contributed by atoms with Crippen molar-refractivity contribution in [2.75, 3.05) is 13.1 Å². The minimum Gasteiger partial charge on any atom is -0.444 e. The van der Waals surface area contributed by atoms with Gasteiger partial charge >= 0.3 is 6.09 Å². The van der Waals surface area contributed by atoms with Crippen LogP contribution in [-0.2, 0) is 19.5 Å². The highest BCUT2D eigenvalue weighted by atomic mass is 32.2. The van der Waals surface area contributed by atoms with Crippen LogP contribution in [-0.4, -0.2) is 73.4 Å². The zero-order valence-corrected chi connectivity index (χ0v) is 21.0. The number of benzene rings is 1. The molecule has 2 aliphatic rings. The van der Waals surface area contributed by atoms with Crippen molar-refractivity contribution in [2.24, 2.45) is 0 Å². The fourth-order valence-corrected chi connectivity index (χ4v) is 5.47. The van der Waals surface area contributed by atoms with Gasteiger partial charge in [-0.3, -0.25) is 10.1 Å². The molecule has 14 heteroatoms. The first kappa shape index (κ1) is 28.1. The van der Waals surface area contributed by atoms with Crippen LogP contribution in [0.4, 0.5) is 23.7 Å². The van der Waals surface area contributed by atoms with Crippen LogP contribution in [0.15, 0.2) is 29.2 Å². The van der Waals surface area contributed by atoms with Gasteiger partial charge in [-0.15, -0.1) is 0 Å². The van der Waals surface area contributed by atoms with Crippen LogP contribution < -0.4 is 4.72 Å². The topological polar surface area (TPSA) is 128 Å². The van der Waals surface area contributed by atoms with Crippen molar-refractivity contribution in [3.05, 3.63) is 34.4 Å². The normalized spacial score (nSPS) is 26.9. The molecule has 1 saturated heterocycles. The molecule has 0 bridgehead atoms. The van der Waals surface area contributed by atoms with Crippen molar-refractivity contribution in [1.29, 1.82) is 0 Å². The van der Waals surface area contributed by atoms with E-state index in [1.807, 2.05) is 4.72 Å². The second-order valence-corrected chi connectivity index (χ2v) is 11.7. The Kier molecular flexibility index (Phi) is 8.20. The number of rotatable bonds is 6. The molecule has 1 aromatic carbocycles. The maximum absolute atomic E-state index is 14.9. The number of nitro groups is 1. The molecule has 1 aliphatic heterocycles. The van der Waals surface area contributed by atoms with Gasteiger partial charge in [0.15, 0.2) is 0 Å². The molecule has 0 spiro atoms. The highest BCUT2D eigenvalue weighted by Crippen LogP contribution is 2.37. The number of halogens is 3. The summed E-state index contributed by atoms with van der Waals surface area (Å²) in [5.74, 6) is -3.47. The van der Waals surface area contributed by atoms with Crippen molar-refractivity contribution in [3.63, 3.8) is 0 Å². The summed E-state index contributed by atoms with van der Waals surface area (Å²) in [7, 11) is -4.49. The lowest BCUT2D eigenvalue weighted by Crippen LogP contribution is -2.59. The molecule has 1 aliphatic carbocycles. The van der Waals surface area contributed by atoms with Crippen LogP contribution in [0.25, 0.3) is 0 Å². The number of nitrogens with zero attached hydrogens (tertiary/aromatic N) is 2. The maximum atomic E-state index is 14.9. The van der Waals surface area contributed by atoms with Gasteiger partial charge in [0, 0.05) is 25.1 Å². The number of non-ortho nitro benzene ring substituents is 1. The maximum Gasteiger partial charge on any atom is 0.410 e. The Bertz CT molecular complexity index is 1060. The Morgan fingerprint density at radius 1 is 1.19 bits per heavy atom. The van der Waals surface area contributed by atoms with E-state index in [4.69, 9.17) is 9.47 Å². The number of piperidine rings is 1. The molecule has 10 nitrogen and oxygen atoms in total. The van der Waals surface area contributed by atoms with E-state index in [2.05, 4.69) is 0 Å². The standard InChI is InChI=1S/C22H30F3N3O7S/c1-21(2,3)35-20(29)27-12-10-17(16(23)13-27)34-18-5-4-11-22(24,25)19(18)26-36(32,33)15-8-6-14(7-9-15)28(30)31/h6-9,16-19,26H,4-5,10-13H2,1-3H3/t16-,17-,18+,19-/m1/s1. The number of nitrogens with one attached hydrogen (secondary N) is 1. The van der Waals surface area contributed by atoms with Crippen molar-refractivity contribution < 1.29 is 40.8 Å². The van der Waals surface area contributed by atoms with Crippen LogP contribution in [0.5, 0.6) is 0 Å². The summed E-state index contributed by atoms with van der Waals surface area (Å²) in [5.41, 5.74) is -1.12. The second kappa shape index (κ2) is 10.5. The van der Waals surface area contributed by atoms with Gasteiger partial charge in [-0.2, -0.15) is 4.72 Å². The summed E-state index contributed by atoms with van der Waals surface area (Å²) in [5, 5.41) is 10.8. The lowest BCUT2D eigenvalue weighted by Gasteiger charge is -2.42. The summed E-state index contributed by atoms with van der Waals surface area (Å²) < 4.78 is 83.1. The molecule has 4 atom stereocenters. The molecule has 3 rings (SSSR count). The number of hydrogen-bond acceptors (Lipinski definition) is 7. The summed E-state index contributed by atoms with van der Waals surface area (Å²) in [4.78, 5) is 23.1. The number of likely N-dealkylation sites (tertiary alicyclic amines) is 1. The largest absolute Gasteiger partial charge is 0.444 e. The van der Waals surface area contributed by atoms with Crippen molar-refractivity contribution in [2.45, 2.75) is 87.3 Å². The van der Waals surface area contributed by atoms with E-state index in [1.54, 1.807) is 20.8 Å². The zero-order valence-electron chi connectivity index (χ0n) is 20.2. The van der Waals surface area contributed by atoms with Crippen LogP contribution in [0, 0.1) is 10.1 Å². The Morgan fingerprint density at radius 3 is 2.39 bits per heavy atom. The lowest BCUT2D eigenvalue weighted by atomic mass is 9.89. The van der Waals surface area contributed by atoms with Gasteiger partial charge in [-0.1, -0.05) is 0 Å². The number of ether oxygens (including phenoxy) is 2. The van der Waals surface area contributed by atoms with E-state index < -0.39 is 68.3 Å². The number of nitro benzene ring substituents is 1. The molecule has 1 aromatic rings. The van der Waals surface area contributed by atoms with E-state index >= 15 is 0 Å². The predicted molar refractivity (Wildman–Crippen MR) is 122 cm³/mol. The van der Waals surface area contributed by atoms with Gasteiger partial charge in [-0.05, 0) is 52.2 Å². The Balaban J connectivity index is 1.71. The number of amides is 1. The molecular formula is C22H30F3N3O7S. The molecule has 0 unspecified atom stereocenters. The van der Waals surface area contributed by atoms with Crippen molar-refractivity contribution in [3.8, 4) is 0 Å². The smallest absolute Gasteiger partial charge is 0.410 e. The quantitative estimate of drug-likeness (QED) is 0.432. The molecule has 202 valence electrons. The molecule has 1 N–H and O–H groups in total. The molecule has 0 radical (unpaired) electrons. The van der Waals surface area contributed by atoms with Gasteiger partial charge in [0.1, 0.15) is 17.8 Å². The highest BCUT2D eigenvalue weighted by molar-refractivity contribution is 7.89.